The summed E-state index contributed by atoms with van der Waals surface area (Å²) in [4.78, 5) is 3.90. The largest absolute Gasteiger partial charge is 0.390 e. The van der Waals surface area contributed by atoms with E-state index < -0.39 is 6.10 Å². The number of aliphatic imine (C=N–C) groups is 1. The van der Waals surface area contributed by atoms with Crippen molar-refractivity contribution in [3.63, 3.8) is 0 Å². The third kappa shape index (κ3) is 5.15. The Morgan fingerprint density at radius 2 is 2.00 bits per heavy atom. The number of aliphatic hydroxyl groups excluding tert-OH is 1. The minimum atomic E-state index is -0.574. The van der Waals surface area contributed by atoms with Crippen LogP contribution in [-0.2, 0) is 0 Å². The molecule has 0 aliphatic carbocycles. The van der Waals surface area contributed by atoms with Crippen LogP contribution in [0.2, 0.25) is 0 Å². The van der Waals surface area contributed by atoms with Gasteiger partial charge in [-0.2, -0.15) is 0 Å². The Kier molecular flexibility index (Phi) is 7.50. The van der Waals surface area contributed by atoms with Gasteiger partial charge in [0.05, 0.1) is 11.8 Å². The van der Waals surface area contributed by atoms with E-state index in [1.165, 1.54) is 0 Å². The minimum absolute atomic E-state index is 0.127. The highest BCUT2D eigenvalue weighted by Crippen LogP contribution is 2.16. The summed E-state index contributed by atoms with van der Waals surface area (Å²) in [5.41, 5.74) is 2.73. The molecule has 0 spiro atoms. The van der Waals surface area contributed by atoms with Crippen molar-refractivity contribution in [1.82, 2.24) is 10.6 Å². The molecule has 3 N–H and O–H groups in total. The highest BCUT2D eigenvalue weighted by atomic mass is 16.3. The van der Waals surface area contributed by atoms with Crippen molar-refractivity contribution in [3.8, 4) is 0 Å². The summed E-state index contributed by atoms with van der Waals surface area (Å²) in [6.07, 6.45) is 1.30. The van der Waals surface area contributed by atoms with E-state index in [9.17, 15) is 5.11 Å². The van der Waals surface area contributed by atoms with Crippen LogP contribution in [0.4, 0.5) is 0 Å². The molecular weight excluding hydrogens is 214 g/mol. The van der Waals surface area contributed by atoms with Crippen LogP contribution in [0.1, 0.15) is 20.8 Å². The average molecular weight is 239 g/mol. The zero-order valence-electron chi connectivity index (χ0n) is 11.5. The fourth-order valence-corrected chi connectivity index (χ4v) is 1.48. The second-order valence-electron chi connectivity index (χ2n) is 4.36. The van der Waals surface area contributed by atoms with E-state index >= 15 is 0 Å². The molecule has 0 saturated carbocycles. The smallest absolute Gasteiger partial charge is 0.0982 e. The van der Waals surface area contributed by atoms with E-state index in [2.05, 4.69) is 22.3 Å². The summed E-state index contributed by atoms with van der Waals surface area (Å²) in [6, 6.07) is 0. The summed E-state index contributed by atoms with van der Waals surface area (Å²) in [5.74, 6) is 0.127. The third-order valence-electron chi connectivity index (χ3n) is 2.61. The summed E-state index contributed by atoms with van der Waals surface area (Å²) in [7, 11) is 3.77. The molecule has 0 aromatic rings. The van der Waals surface area contributed by atoms with Gasteiger partial charge in [-0.3, -0.25) is 4.99 Å². The topological polar surface area (TPSA) is 56.7 Å². The monoisotopic (exact) mass is 239 g/mol. The highest BCUT2D eigenvalue weighted by molar-refractivity contribution is 5.35. The number of aliphatic hydroxyl groups is 1. The second kappa shape index (κ2) is 8.03. The van der Waals surface area contributed by atoms with Gasteiger partial charge < -0.3 is 15.7 Å². The molecule has 0 aromatic carbocycles. The van der Waals surface area contributed by atoms with Crippen molar-refractivity contribution < 1.29 is 5.11 Å². The molecule has 0 aliphatic heterocycles. The molecule has 17 heavy (non-hydrogen) atoms. The van der Waals surface area contributed by atoms with Crippen LogP contribution >= 0.6 is 0 Å². The fourth-order valence-electron chi connectivity index (χ4n) is 1.48. The van der Waals surface area contributed by atoms with Crippen molar-refractivity contribution >= 4 is 6.72 Å². The predicted molar refractivity (Wildman–Crippen MR) is 74.2 cm³/mol. The first-order chi connectivity index (χ1) is 7.97. The van der Waals surface area contributed by atoms with Crippen LogP contribution in [0.5, 0.6) is 0 Å². The number of hydrogen-bond donors (Lipinski definition) is 3. The number of nitrogens with zero attached hydrogens (tertiary/aromatic N) is 1. The number of nitrogens with one attached hydrogen (secondary N) is 2. The molecule has 0 saturated heterocycles. The van der Waals surface area contributed by atoms with Crippen LogP contribution in [0.15, 0.2) is 28.0 Å². The standard InChI is InChI=1S/C13H25N3O/c1-9(2)13(17)11(15-5)7-10(3)12(16-6)8-14-4/h7,9,13-14,16-17H,5,8H2,1-4,6H3/b11-7-,12-10+. The van der Waals surface area contributed by atoms with Crippen molar-refractivity contribution in [1.29, 1.82) is 0 Å². The Morgan fingerprint density at radius 1 is 1.41 bits per heavy atom. The second-order valence-corrected chi connectivity index (χ2v) is 4.36. The summed E-state index contributed by atoms with van der Waals surface area (Å²) >= 11 is 0. The molecule has 0 heterocycles. The summed E-state index contributed by atoms with van der Waals surface area (Å²) in [5, 5.41) is 16.2. The highest BCUT2D eigenvalue weighted by Gasteiger charge is 2.14. The zero-order chi connectivity index (χ0) is 13.4. The minimum Gasteiger partial charge on any atom is -0.390 e. The van der Waals surface area contributed by atoms with Crippen LogP contribution in [-0.4, -0.2) is 38.6 Å². The van der Waals surface area contributed by atoms with Gasteiger partial charge in [0.1, 0.15) is 0 Å². The molecule has 4 heteroatoms. The Morgan fingerprint density at radius 3 is 2.35 bits per heavy atom. The van der Waals surface area contributed by atoms with Gasteiger partial charge in [0.25, 0.3) is 0 Å². The fraction of sp³-hybridized carbons (Fsp3) is 0.615. The first-order valence-corrected chi connectivity index (χ1v) is 5.86. The molecule has 0 rings (SSSR count). The van der Waals surface area contributed by atoms with Crippen molar-refractivity contribution in [2.45, 2.75) is 26.9 Å². The van der Waals surface area contributed by atoms with E-state index in [4.69, 9.17) is 0 Å². The Hall–Kier alpha value is -1.13. The lowest BCUT2D eigenvalue weighted by Crippen LogP contribution is -2.21. The first-order valence-electron chi connectivity index (χ1n) is 5.86. The molecule has 0 aromatic heterocycles. The van der Waals surface area contributed by atoms with E-state index in [-0.39, 0.29) is 5.92 Å². The van der Waals surface area contributed by atoms with Gasteiger partial charge in [-0.05, 0) is 38.3 Å². The van der Waals surface area contributed by atoms with Gasteiger partial charge in [0.2, 0.25) is 0 Å². The molecule has 98 valence electrons. The number of rotatable bonds is 7. The molecule has 4 nitrogen and oxygen atoms in total. The maximum Gasteiger partial charge on any atom is 0.0982 e. The quantitative estimate of drug-likeness (QED) is 0.464. The molecule has 0 aliphatic rings. The van der Waals surface area contributed by atoms with Crippen LogP contribution in [0, 0.1) is 5.92 Å². The number of likely N-dealkylation sites (N-methyl/N-ethyl adjacent to an activating group) is 2. The summed E-state index contributed by atoms with van der Waals surface area (Å²) < 4.78 is 0. The van der Waals surface area contributed by atoms with Crippen LogP contribution in [0.3, 0.4) is 0 Å². The van der Waals surface area contributed by atoms with Crippen LogP contribution in [0.25, 0.3) is 0 Å². The normalized spacial score (nSPS) is 15.6. The average Bonchev–Trinajstić information content (AvgIpc) is 2.31. The molecule has 1 unspecified atom stereocenters. The predicted octanol–water partition coefficient (Wildman–Crippen LogP) is 1.30. The Labute approximate surface area is 105 Å². The molecule has 0 radical (unpaired) electrons. The van der Waals surface area contributed by atoms with E-state index in [0.717, 1.165) is 17.8 Å². The van der Waals surface area contributed by atoms with Crippen molar-refractivity contribution in [2.75, 3.05) is 20.6 Å². The van der Waals surface area contributed by atoms with Gasteiger partial charge in [0.15, 0.2) is 0 Å². The maximum absolute atomic E-state index is 9.96. The Balaban J connectivity index is 5.11. The van der Waals surface area contributed by atoms with Gasteiger partial charge in [-0.25, -0.2) is 0 Å². The third-order valence-corrected chi connectivity index (χ3v) is 2.61. The molecule has 0 bridgehead atoms. The molecule has 1 atom stereocenters. The van der Waals surface area contributed by atoms with E-state index in [1.807, 2.05) is 40.9 Å². The number of allylic oxidation sites excluding steroid dienone is 2. The summed E-state index contributed by atoms with van der Waals surface area (Å²) in [6.45, 7) is 10.2. The van der Waals surface area contributed by atoms with Crippen molar-refractivity contribution in [3.05, 3.63) is 23.0 Å². The molecular formula is C13H25N3O. The lowest BCUT2D eigenvalue weighted by Gasteiger charge is -2.16. The van der Waals surface area contributed by atoms with Crippen molar-refractivity contribution in [2.24, 2.45) is 10.9 Å². The molecule has 0 amide bonds. The Bertz CT molecular complexity index is 306. The van der Waals surface area contributed by atoms with Crippen LogP contribution < -0.4 is 10.6 Å². The van der Waals surface area contributed by atoms with Gasteiger partial charge in [-0.1, -0.05) is 13.8 Å². The lowest BCUT2D eigenvalue weighted by atomic mass is 10.0. The lowest BCUT2D eigenvalue weighted by molar-refractivity contribution is 0.159. The molecule has 0 fully saturated rings. The van der Waals surface area contributed by atoms with E-state index in [0.29, 0.717) is 5.70 Å². The first kappa shape index (κ1) is 15.9. The SMILES string of the molecule is C=N/C(=C\C(C)=C(/CNC)NC)C(O)C(C)C. The van der Waals surface area contributed by atoms with Gasteiger partial charge in [-0.15, -0.1) is 0 Å². The van der Waals surface area contributed by atoms with Gasteiger partial charge >= 0.3 is 0 Å². The van der Waals surface area contributed by atoms with E-state index in [1.54, 1.807) is 0 Å². The zero-order valence-corrected chi connectivity index (χ0v) is 11.5. The number of hydrogen-bond acceptors (Lipinski definition) is 4. The van der Waals surface area contributed by atoms with Gasteiger partial charge in [0, 0.05) is 19.3 Å². The maximum atomic E-state index is 9.96.